The van der Waals surface area contributed by atoms with Crippen LogP contribution in [-0.2, 0) is 23.4 Å². The molecule has 4 N–H and O–H groups in total. The van der Waals surface area contributed by atoms with Gasteiger partial charge in [-0.15, -0.1) is 0 Å². The molecule has 38 heavy (non-hydrogen) atoms. The zero-order chi connectivity index (χ0) is 28.3. The number of ether oxygens (including phenoxy) is 2. The third kappa shape index (κ3) is 9.78. The molecule has 0 fully saturated rings. The number of nitrogens with zero attached hydrogens (tertiary/aromatic N) is 5. The van der Waals surface area contributed by atoms with Gasteiger partial charge in [0, 0.05) is 11.1 Å². The van der Waals surface area contributed by atoms with E-state index in [1.807, 2.05) is 0 Å². The molecule has 0 saturated heterocycles. The predicted octanol–water partition coefficient (Wildman–Crippen LogP) is 2.53. The number of benzene rings is 1. The van der Waals surface area contributed by atoms with Gasteiger partial charge in [0.2, 0.25) is 0 Å². The second-order valence-electron chi connectivity index (χ2n) is 8.36. The van der Waals surface area contributed by atoms with Gasteiger partial charge in [0.05, 0.1) is 25.4 Å². The Morgan fingerprint density at radius 2 is 1.95 bits per heavy atom. The van der Waals surface area contributed by atoms with E-state index in [0.717, 1.165) is 4.57 Å². The molecule has 0 spiro atoms. The van der Waals surface area contributed by atoms with E-state index in [1.54, 1.807) is 32.0 Å². The number of anilines is 1. The van der Waals surface area contributed by atoms with E-state index in [9.17, 15) is 19.3 Å². The summed E-state index contributed by atoms with van der Waals surface area (Å²) >= 11 is 0. The normalized spacial score (nSPS) is 15.9. The molecule has 1 aromatic heterocycles. The number of hydrogen-bond donors (Lipinski definition) is 3. The number of aliphatic hydroxyl groups excluding tert-OH is 1. The van der Waals surface area contributed by atoms with Gasteiger partial charge in [-0.25, -0.2) is 9.36 Å². The summed E-state index contributed by atoms with van der Waals surface area (Å²) in [4.78, 5) is 30.9. The minimum absolute atomic E-state index is 0.0284. The van der Waals surface area contributed by atoms with E-state index in [2.05, 4.69) is 20.1 Å². The molecule has 1 unspecified atom stereocenters. The summed E-state index contributed by atoms with van der Waals surface area (Å²) in [6, 6.07) is 8.35. The van der Waals surface area contributed by atoms with Gasteiger partial charge in [-0.2, -0.15) is 10.1 Å². The lowest BCUT2D eigenvalue weighted by atomic mass is 10.2. The Morgan fingerprint density at radius 3 is 2.53 bits per heavy atom. The van der Waals surface area contributed by atoms with Crippen molar-refractivity contribution in [1.82, 2.24) is 14.6 Å². The van der Waals surface area contributed by atoms with Crippen molar-refractivity contribution in [3.63, 3.8) is 0 Å². The highest BCUT2D eigenvalue weighted by Gasteiger charge is 2.35. The number of aliphatic hydroxyl groups is 1. The number of azide groups is 1. The van der Waals surface area contributed by atoms with E-state index in [-0.39, 0.29) is 18.1 Å². The molecule has 1 heterocycles. The molecule has 2 rings (SSSR count). The van der Waals surface area contributed by atoms with Crippen molar-refractivity contribution in [2.75, 3.05) is 18.9 Å². The molecule has 16 heteroatoms. The van der Waals surface area contributed by atoms with Crippen molar-refractivity contribution >= 4 is 19.5 Å². The smallest absolute Gasteiger partial charge is 0.459 e. The molecule has 0 bridgehead atoms. The second-order valence-corrected chi connectivity index (χ2v) is 10.1. The first-order valence-corrected chi connectivity index (χ1v) is 13.1. The number of para-hydroxylation sites is 1. The van der Waals surface area contributed by atoms with Gasteiger partial charge in [-0.1, -0.05) is 23.3 Å². The van der Waals surface area contributed by atoms with Crippen molar-refractivity contribution < 1.29 is 33.0 Å². The molecular formula is C22H32N7O8P. The van der Waals surface area contributed by atoms with Crippen molar-refractivity contribution in [3.05, 3.63) is 63.5 Å². The van der Waals surface area contributed by atoms with Crippen LogP contribution in [-0.4, -0.2) is 58.1 Å². The van der Waals surface area contributed by atoms with Gasteiger partial charge in [0.1, 0.15) is 29.9 Å². The van der Waals surface area contributed by atoms with Crippen molar-refractivity contribution in [1.29, 1.82) is 0 Å². The fourth-order valence-corrected chi connectivity index (χ4v) is 4.45. The van der Waals surface area contributed by atoms with E-state index < -0.39 is 56.6 Å². The predicted molar refractivity (Wildman–Crippen MR) is 137 cm³/mol. The minimum Gasteiger partial charge on any atom is -0.462 e. The zero-order valence-corrected chi connectivity index (χ0v) is 22.3. The van der Waals surface area contributed by atoms with Gasteiger partial charge >= 0.3 is 19.4 Å². The van der Waals surface area contributed by atoms with Gasteiger partial charge in [0.15, 0.2) is 0 Å². The molecule has 0 aliphatic heterocycles. The lowest BCUT2D eigenvalue weighted by Crippen LogP contribution is -2.40. The molecular weight excluding hydrogens is 521 g/mol. The van der Waals surface area contributed by atoms with E-state index in [0.29, 0.717) is 0 Å². The highest BCUT2D eigenvalue weighted by Crippen LogP contribution is 2.45. The van der Waals surface area contributed by atoms with Crippen LogP contribution in [0.1, 0.15) is 33.9 Å². The maximum Gasteiger partial charge on any atom is 0.459 e. The Balaban J connectivity index is 2.28. The molecule has 1 aromatic carbocycles. The summed E-state index contributed by atoms with van der Waals surface area (Å²) in [5, 5.41) is 16.3. The molecule has 2 aromatic rings. The summed E-state index contributed by atoms with van der Waals surface area (Å²) in [7, 11) is -4.26. The summed E-state index contributed by atoms with van der Waals surface area (Å²) in [5.74, 6) is -0.532. The van der Waals surface area contributed by atoms with E-state index in [4.69, 9.17) is 29.8 Å². The van der Waals surface area contributed by atoms with Crippen LogP contribution in [0.3, 0.4) is 0 Å². The molecule has 5 atom stereocenters. The van der Waals surface area contributed by atoms with Crippen LogP contribution in [0.4, 0.5) is 5.82 Å². The minimum atomic E-state index is -4.26. The maximum absolute atomic E-state index is 13.7. The first-order valence-electron chi connectivity index (χ1n) is 11.6. The monoisotopic (exact) mass is 553 g/mol. The maximum atomic E-state index is 13.7. The van der Waals surface area contributed by atoms with Crippen LogP contribution >= 0.6 is 7.75 Å². The lowest BCUT2D eigenvalue weighted by Gasteiger charge is -2.29. The average Bonchev–Trinajstić information content (AvgIpc) is 2.84. The van der Waals surface area contributed by atoms with E-state index >= 15 is 0 Å². The summed E-state index contributed by atoms with van der Waals surface area (Å²) in [6.07, 6.45) is -2.75. The Morgan fingerprint density at radius 1 is 1.26 bits per heavy atom. The highest BCUT2D eigenvalue weighted by atomic mass is 31.2. The highest BCUT2D eigenvalue weighted by molar-refractivity contribution is 7.52. The molecule has 0 amide bonds. The molecule has 0 saturated carbocycles. The fourth-order valence-electron chi connectivity index (χ4n) is 2.95. The third-order valence-corrected chi connectivity index (χ3v) is 6.41. The van der Waals surface area contributed by atoms with E-state index in [1.165, 1.54) is 38.2 Å². The summed E-state index contributed by atoms with van der Waals surface area (Å²) < 4.78 is 36.8. The molecule has 15 nitrogen and oxygen atoms in total. The average molecular weight is 554 g/mol. The number of aromatic nitrogens is 2. The van der Waals surface area contributed by atoms with Crippen molar-refractivity contribution in [2.24, 2.45) is 5.11 Å². The SMILES string of the molecule is CC(C)OC(=O)[C@H](C)NP(=O)(OC[C@@H](O[C@H](CN=[N+]=[N-])n1ccc(N)nc1=O)[C@H](C)O)Oc1ccccc1. The Kier molecular flexibility index (Phi) is 11.7. The van der Waals surface area contributed by atoms with Crippen LogP contribution in [0.2, 0.25) is 0 Å². The first kappa shape index (κ1) is 30.8. The summed E-state index contributed by atoms with van der Waals surface area (Å²) in [5.41, 5.74) is 13.5. The Bertz CT molecular complexity index is 1200. The first-order chi connectivity index (χ1) is 17.9. The lowest BCUT2D eigenvalue weighted by molar-refractivity contribution is -0.149. The standard InChI is InChI=1S/C22H32N7O8P/c1-14(2)35-21(31)15(3)27-38(33,37-17-8-6-5-7-9-17)34-13-18(16(4)30)36-20(12-25-28-24)29-11-10-19(23)26-22(29)32/h5-11,14-16,18,20,30H,12-13H2,1-4H3,(H,27,33)(H2,23,26,32)/t15-,16-,18+,20+,38?/m0/s1. The zero-order valence-electron chi connectivity index (χ0n) is 21.4. The van der Waals surface area contributed by atoms with Gasteiger partial charge in [-0.05, 0) is 51.4 Å². The number of nitrogen functional groups attached to an aromatic ring is 1. The molecule has 0 aliphatic rings. The topological polar surface area (TPSA) is 213 Å². The van der Waals surface area contributed by atoms with Crippen LogP contribution in [0.25, 0.3) is 10.4 Å². The number of nitrogens with one attached hydrogen (secondary N) is 1. The second kappa shape index (κ2) is 14.5. The number of hydrogen-bond acceptors (Lipinski definition) is 11. The summed E-state index contributed by atoms with van der Waals surface area (Å²) in [6.45, 7) is 5.27. The molecule has 208 valence electrons. The number of esters is 1. The van der Waals surface area contributed by atoms with Crippen molar-refractivity contribution in [3.8, 4) is 5.75 Å². The van der Waals surface area contributed by atoms with Crippen LogP contribution in [0.5, 0.6) is 5.75 Å². The number of carbonyl (C=O) groups excluding carboxylic acids is 1. The number of nitrogens with two attached hydrogens (primary N) is 1. The van der Waals surface area contributed by atoms with Crippen LogP contribution in [0, 0.1) is 0 Å². The van der Waals surface area contributed by atoms with Crippen LogP contribution in [0.15, 0.2) is 52.5 Å². The van der Waals surface area contributed by atoms with Crippen LogP contribution < -0.4 is 21.0 Å². The molecule has 0 radical (unpaired) electrons. The number of rotatable bonds is 15. The number of carbonyl (C=O) groups is 1. The Labute approximate surface area is 219 Å². The molecule has 0 aliphatic carbocycles. The quantitative estimate of drug-likeness (QED) is 0.0958. The van der Waals surface area contributed by atoms with Gasteiger partial charge < -0.3 is 24.8 Å². The largest absolute Gasteiger partial charge is 0.462 e. The van der Waals surface area contributed by atoms with Crippen molar-refractivity contribution in [2.45, 2.75) is 58.3 Å². The fraction of sp³-hybridized carbons (Fsp3) is 0.500. The van der Waals surface area contributed by atoms with Gasteiger partial charge in [-0.3, -0.25) is 13.9 Å². The van der Waals surface area contributed by atoms with Gasteiger partial charge in [0.25, 0.3) is 0 Å². The Hall–Kier alpha value is -3.45. The third-order valence-electron chi connectivity index (χ3n) is 4.77.